The van der Waals surface area contributed by atoms with Crippen LogP contribution >= 0.6 is 0 Å². The molecule has 3 N–H and O–H groups in total. The van der Waals surface area contributed by atoms with Gasteiger partial charge in [-0.15, -0.1) is 0 Å². The van der Waals surface area contributed by atoms with Gasteiger partial charge in [-0.3, -0.25) is 0 Å². The van der Waals surface area contributed by atoms with Crippen LogP contribution in [-0.4, -0.2) is 29.4 Å². The van der Waals surface area contributed by atoms with E-state index in [1.54, 1.807) is 18.2 Å². The third-order valence-corrected chi connectivity index (χ3v) is 3.52. The molecule has 2 unspecified atom stereocenters. The molecule has 2 atom stereocenters. The average molecular weight is 246 g/mol. The number of nitriles is 1. The molecule has 0 spiro atoms. The standard InChI is InChI=1S/C14H18N2O2/c15-9-13(17)14(18)12-3-1-10(2-4-12)11-5-7-16-8-6-11/h1-4,11,13-14,16-18H,5-8H2. The molecule has 1 aliphatic heterocycles. The summed E-state index contributed by atoms with van der Waals surface area (Å²) in [5.74, 6) is 0.568. The third-order valence-electron chi connectivity index (χ3n) is 3.52. The maximum Gasteiger partial charge on any atom is 0.170 e. The highest BCUT2D eigenvalue weighted by Gasteiger charge is 2.19. The van der Waals surface area contributed by atoms with Crippen molar-refractivity contribution in [2.24, 2.45) is 0 Å². The number of hydrogen-bond donors (Lipinski definition) is 3. The minimum Gasteiger partial charge on any atom is -0.385 e. The summed E-state index contributed by atoms with van der Waals surface area (Å²) in [4.78, 5) is 0. The molecule has 18 heavy (non-hydrogen) atoms. The molecule has 0 aliphatic carbocycles. The van der Waals surface area contributed by atoms with Crippen molar-refractivity contribution >= 4 is 0 Å². The summed E-state index contributed by atoms with van der Waals surface area (Å²) >= 11 is 0. The molecule has 0 amide bonds. The normalized spacial score (nSPS) is 20.1. The molecule has 0 aromatic heterocycles. The molecule has 96 valence electrons. The molecule has 1 aromatic rings. The van der Waals surface area contributed by atoms with Crippen LogP contribution in [0.3, 0.4) is 0 Å². The summed E-state index contributed by atoms with van der Waals surface area (Å²) in [6.07, 6.45) is -0.238. The molecule has 4 nitrogen and oxygen atoms in total. The topological polar surface area (TPSA) is 76.3 Å². The Morgan fingerprint density at radius 3 is 2.33 bits per heavy atom. The van der Waals surface area contributed by atoms with E-state index in [9.17, 15) is 10.2 Å². The Balaban J connectivity index is 2.07. The van der Waals surface area contributed by atoms with Crippen LogP contribution in [0, 0.1) is 11.3 Å². The smallest absolute Gasteiger partial charge is 0.170 e. The van der Waals surface area contributed by atoms with Crippen molar-refractivity contribution in [2.75, 3.05) is 13.1 Å². The second kappa shape index (κ2) is 5.96. The minimum atomic E-state index is -1.37. The quantitative estimate of drug-likeness (QED) is 0.697. The van der Waals surface area contributed by atoms with Gasteiger partial charge in [-0.1, -0.05) is 24.3 Å². The fourth-order valence-corrected chi connectivity index (χ4v) is 2.37. The number of piperidine rings is 1. The van der Waals surface area contributed by atoms with Gasteiger partial charge in [0.15, 0.2) is 6.10 Å². The summed E-state index contributed by atoms with van der Waals surface area (Å²) in [6.45, 7) is 2.09. The Bertz CT molecular complexity index is 418. The summed E-state index contributed by atoms with van der Waals surface area (Å²) in [6, 6.07) is 9.20. The van der Waals surface area contributed by atoms with E-state index in [4.69, 9.17) is 5.26 Å². The van der Waals surface area contributed by atoms with Crippen molar-refractivity contribution in [3.05, 3.63) is 35.4 Å². The maximum atomic E-state index is 9.71. The Morgan fingerprint density at radius 1 is 1.17 bits per heavy atom. The number of hydrogen-bond acceptors (Lipinski definition) is 4. The van der Waals surface area contributed by atoms with Crippen molar-refractivity contribution in [3.63, 3.8) is 0 Å². The predicted octanol–water partition coefficient (Wildman–Crippen LogP) is 1.07. The highest BCUT2D eigenvalue weighted by atomic mass is 16.3. The Labute approximate surface area is 107 Å². The van der Waals surface area contributed by atoms with Gasteiger partial charge in [-0.2, -0.15) is 5.26 Å². The molecule has 2 rings (SSSR count). The fraction of sp³-hybridized carbons (Fsp3) is 0.500. The molecule has 1 aliphatic rings. The third kappa shape index (κ3) is 2.88. The Morgan fingerprint density at radius 2 is 1.78 bits per heavy atom. The molecule has 1 fully saturated rings. The Hall–Kier alpha value is -1.41. The van der Waals surface area contributed by atoms with Crippen LogP contribution in [0.1, 0.15) is 36.0 Å². The molecule has 4 heteroatoms. The van der Waals surface area contributed by atoms with Gasteiger partial charge in [-0.05, 0) is 43.0 Å². The van der Waals surface area contributed by atoms with Crippen LogP contribution in [0.15, 0.2) is 24.3 Å². The molecule has 0 bridgehead atoms. The lowest BCUT2D eigenvalue weighted by Crippen LogP contribution is -2.26. The van der Waals surface area contributed by atoms with Gasteiger partial charge in [0.05, 0.1) is 6.07 Å². The fourth-order valence-electron chi connectivity index (χ4n) is 2.37. The van der Waals surface area contributed by atoms with Crippen LogP contribution in [0.4, 0.5) is 0 Å². The number of aliphatic hydroxyl groups is 2. The van der Waals surface area contributed by atoms with E-state index in [2.05, 4.69) is 5.32 Å². The van der Waals surface area contributed by atoms with Crippen LogP contribution in [0.2, 0.25) is 0 Å². The number of rotatable bonds is 3. The zero-order chi connectivity index (χ0) is 13.0. The Kier molecular flexibility index (Phi) is 4.32. The zero-order valence-corrected chi connectivity index (χ0v) is 10.2. The van der Waals surface area contributed by atoms with E-state index in [0.29, 0.717) is 11.5 Å². The van der Waals surface area contributed by atoms with Crippen LogP contribution in [0.25, 0.3) is 0 Å². The SMILES string of the molecule is N#CC(O)C(O)c1ccc(C2CCNCC2)cc1. The van der Waals surface area contributed by atoms with Gasteiger partial charge < -0.3 is 15.5 Å². The second-order valence-electron chi connectivity index (χ2n) is 4.71. The molecular formula is C14H18N2O2. The summed E-state index contributed by atoms with van der Waals surface area (Å²) in [7, 11) is 0. The van der Waals surface area contributed by atoms with Crippen molar-refractivity contribution in [1.29, 1.82) is 5.26 Å². The molecular weight excluding hydrogens is 228 g/mol. The molecule has 1 saturated heterocycles. The minimum absolute atomic E-state index is 0.568. The number of nitrogens with one attached hydrogen (secondary N) is 1. The molecule has 0 radical (unpaired) electrons. The second-order valence-corrected chi connectivity index (χ2v) is 4.71. The number of aliphatic hydroxyl groups excluding tert-OH is 2. The zero-order valence-electron chi connectivity index (χ0n) is 10.2. The average Bonchev–Trinajstić information content (AvgIpc) is 2.47. The summed E-state index contributed by atoms with van der Waals surface area (Å²) in [5, 5.41) is 30.9. The van der Waals surface area contributed by atoms with Crippen molar-refractivity contribution in [1.82, 2.24) is 5.32 Å². The van der Waals surface area contributed by atoms with Gasteiger partial charge in [0.25, 0.3) is 0 Å². The van der Waals surface area contributed by atoms with Gasteiger partial charge in [-0.25, -0.2) is 0 Å². The first-order valence-electron chi connectivity index (χ1n) is 6.28. The van der Waals surface area contributed by atoms with Gasteiger partial charge in [0, 0.05) is 0 Å². The first-order valence-corrected chi connectivity index (χ1v) is 6.28. The van der Waals surface area contributed by atoms with Crippen molar-refractivity contribution in [3.8, 4) is 6.07 Å². The van der Waals surface area contributed by atoms with E-state index in [-0.39, 0.29) is 0 Å². The first-order chi connectivity index (χ1) is 8.72. The first kappa shape index (κ1) is 13.0. The maximum absolute atomic E-state index is 9.71. The van der Waals surface area contributed by atoms with Crippen molar-refractivity contribution < 1.29 is 10.2 Å². The van der Waals surface area contributed by atoms with E-state index in [1.165, 1.54) is 5.56 Å². The molecule has 1 aromatic carbocycles. The highest BCUT2D eigenvalue weighted by Crippen LogP contribution is 2.26. The highest BCUT2D eigenvalue weighted by molar-refractivity contribution is 5.28. The van der Waals surface area contributed by atoms with Crippen LogP contribution in [0.5, 0.6) is 0 Å². The van der Waals surface area contributed by atoms with Gasteiger partial charge >= 0.3 is 0 Å². The number of benzene rings is 1. The summed E-state index contributed by atoms with van der Waals surface area (Å²) in [5.41, 5.74) is 1.85. The molecule has 0 saturated carbocycles. The lowest BCUT2D eigenvalue weighted by molar-refractivity contribution is 0.0528. The van der Waals surface area contributed by atoms with Crippen LogP contribution < -0.4 is 5.32 Å². The number of nitrogens with zero attached hydrogens (tertiary/aromatic N) is 1. The van der Waals surface area contributed by atoms with Crippen LogP contribution in [-0.2, 0) is 0 Å². The van der Waals surface area contributed by atoms with Gasteiger partial charge in [0.2, 0.25) is 0 Å². The van der Waals surface area contributed by atoms with E-state index >= 15 is 0 Å². The summed E-state index contributed by atoms with van der Waals surface area (Å²) < 4.78 is 0. The van der Waals surface area contributed by atoms with Gasteiger partial charge in [0.1, 0.15) is 6.10 Å². The van der Waals surface area contributed by atoms with E-state index in [0.717, 1.165) is 25.9 Å². The lowest BCUT2D eigenvalue weighted by atomic mass is 9.89. The van der Waals surface area contributed by atoms with E-state index < -0.39 is 12.2 Å². The largest absolute Gasteiger partial charge is 0.385 e. The van der Waals surface area contributed by atoms with Crippen molar-refractivity contribution in [2.45, 2.75) is 31.0 Å². The molecule has 1 heterocycles. The van der Waals surface area contributed by atoms with E-state index in [1.807, 2.05) is 12.1 Å². The predicted molar refractivity (Wildman–Crippen MR) is 67.9 cm³/mol. The monoisotopic (exact) mass is 246 g/mol. The lowest BCUT2D eigenvalue weighted by Gasteiger charge is -2.23.